The molecular weight excluding hydrogens is 328 g/mol. The van der Waals surface area contributed by atoms with E-state index in [0.717, 1.165) is 0 Å². The average Bonchev–Trinajstić information content (AvgIpc) is 3.03. The van der Waals surface area contributed by atoms with Crippen LogP contribution < -0.4 is 0 Å². The molecule has 0 aromatic heterocycles. The molecule has 0 aromatic carbocycles. The maximum Gasteiger partial charge on any atom is 0.100 e. The normalized spacial score (nSPS) is 16.6. The zero-order valence-electron chi connectivity index (χ0n) is 19.1. The van der Waals surface area contributed by atoms with Crippen LogP contribution in [0.25, 0.3) is 0 Å². The van der Waals surface area contributed by atoms with Crippen molar-refractivity contribution in [3.8, 4) is 0 Å². The summed E-state index contributed by atoms with van der Waals surface area (Å²) in [4.78, 5) is 4.86. The standard InChI is InChI=1S/C25H50N2/c1-4-6-7-8-9-10-11-12-13-14-15-16-17-18-19-20-21-22-27-24-23-26(3)25(27)5-2/h23-25H,4-22H2,1-3H3. The summed E-state index contributed by atoms with van der Waals surface area (Å²) >= 11 is 0. The SMILES string of the molecule is CCCCCCCCCCCCCCCCCCCN1C=CN(C)C1CC. The van der Waals surface area contributed by atoms with Crippen LogP contribution in [0, 0.1) is 0 Å². The summed E-state index contributed by atoms with van der Waals surface area (Å²) in [6.07, 6.45) is 31.0. The van der Waals surface area contributed by atoms with E-state index >= 15 is 0 Å². The summed E-state index contributed by atoms with van der Waals surface area (Å²) in [5, 5.41) is 0. The molecule has 0 aromatic rings. The quantitative estimate of drug-likeness (QED) is 0.209. The Morgan fingerprint density at radius 2 is 0.963 bits per heavy atom. The van der Waals surface area contributed by atoms with E-state index in [-0.39, 0.29) is 0 Å². The van der Waals surface area contributed by atoms with Gasteiger partial charge in [-0.1, -0.05) is 117 Å². The van der Waals surface area contributed by atoms with Crippen LogP contribution in [0.2, 0.25) is 0 Å². The smallest absolute Gasteiger partial charge is 0.100 e. The van der Waals surface area contributed by atoms with E-state index < -0.39 is 0 Å². The Balaban J connectivity index is 1.74. The highest BCUT2D eigenvalue weighted by molar-refractivity contribution is 4.94. The largest absolute Gasteiger partial charge is 0.359 e. The van der Waals surface area contributed by atoms with Crippen molar-refractivity contribution in [1.29, 1.82) is 0 Å². The lowest BCUT2D eigenvalue weighted by Crippen LogP contribution is -2.36. The summed E-state index contributed by atoms with van der Waals surface area (Å²) in [6.45, 7) is 5.82. The van der Waals surface area contributed by atoms with Gasteiger partial charge in [0.1, 0.15) is 6.17 Å². The molecule has 0 bridgehead atoms. The maximum atomic E-state index is 2.52. The van der Waals surface area contributed by atoms with E-state index in [4.69, 9.17) is 0 Å². The van der Waals surface area contributed by atoms with Crippen LogP contribution in [0.15, 0.2) is 12.4 Å². The third kappa shape index (κ3) is 12.4. The van der Waals surface area contributed by atoms with E-state index in [1.54, 1.807) is 0 Å². The van der Waals surface area contributed by atoms with E-state index in [2.05, 4.69) is 43.1 Å². The van der Waals surface area contributed by atoms with E-state index in [0.29, 0.717) is 6.17 Å². The molecule has 0 N–H and O–H groups in total. The minimum absolute atomic E-state index is 0.603. The predicted molar refractivity (Wildman–Crippen MR) is 122 cm³/mol. The van der Waals surface area contributed by atoms with Gasteiger partial charge < -0.3 is 9.80 Å². The van der Waals surface area contributed by atoms with Gasteiger partial charge in [-0.2, -0.15) is 0 Å². The van der Waals surface area contributed by atoms with Gasteiger partial charge in [0.05, 0.1) is 0 Å². The third-order valence-corrected chi connectivity index (χ3v) is 6.23. The summed E-state index contributed by atoms with van der Waals surface area (Å²) in [6, 6.07) is 0. The highest BCUT2D eigenvalue weighted by Crippen LogP contribution is 2.18. The molecule has 1 heterocycles. The highest BCUT2D eigenvalue weighted by Gasteiger charge is 2.20. The first-order valence-corrected chi connectivity index (χ1v) is 12.5. The van der Waals surface area contributed by atoms with E-state index in [9.17, 15) is 0 Å². The first-order chi connectivity index (χ1) is 13.3. The van der Waals surface area contributed by atoms with Crippen LogP contribution in [-0.4, -0.2) is 29.6 Å². The molecule has 0 radical (unpaired) electrons. The van der Waals surface area contributed by atoms with Gasteiger partial charge in [0.2, 0.25) is 0 Å². The van der Waals surface area contributed by atoms with Gasteiger partial charge in [-0.25, -0.2) is 0 Å². The molecular formula is C25H50N2. The lowest BCUT2D eigenvalue weighted by atomic mass is 10.0. The second-order valence-electron chi connectivity index (χ2n) is 8.75. The summed E-state index contributed by atoms with van der Waals surface area (Å²) < 4.78 is 0. The van der Waals surface area contributed by atoms with Crippen molar-refractivity contribution in [1.82, 2.24) is 9.80 Å². The third-order valence-electron chi connectivity index (χ3n) is 6.23. The van der Waals surface area contributed by atoms with Crippen molar-refractivity contribution in [2.75, 3.05) is 13.6 Å². The minimum Gasteiger partial charge on any atom is -0.359 e. The lowest BCUT2D eigenvalue weighted by molar-refractivity contribution is 0.168. The highest BCUT2D eigenvalue weighted by atomic mass is 15.4. The van der Waals surface area contributed by atoms with Crippen LogP contribution >= 0.6 is 0 Å². The van der Waals surface area contributed by atoms with Crippen molar-refractivity contribution in [3.05, 3.63) is 12.4 Å². The van der Waals surface area contributed by atoms with Crippen molar-refractivity contribution < 1.29 is 0 Å². The monoisotopic (exact) mass is 378 g/mol. The van der Waals surface area contributed by atoms with Crippen LogP contribution in [0.4, 0.5) is 0 Å². The Hall–Kier alpha value is -0.660. The predicted octanol–water partition coefficient (Wildman–Crippen LogP) is 8.09. The van der Waals surface area contributed by atoms with Gasteiger partial charge in [-0.3, -0.25) is 0 Å². The Labute approximate surface area is 171 Å². The molecule has 160 valence electrons. The number of hydrogen-bond acceptors (Lipinski definition) is 2. The number of hydrogen-bond donors (Lipinski definition) is 0. The Morgan fingerprint density at radius 1 is 0.556 bits per heavy atom. The molecule has 1 aliphatic heterocycles. The number of rotatable bonds is 19. The number of nitrogens with zero attached hydrogens (tertiary/aromatic N) is 2. The minimum atomic E-state index is 0.603. The zero-order chi connectivity index (χ0) is 19.6. The van der Waals surface area contributed by atoms with Crippen LogP contribution in [-0.2, 0) is 0 Å². The van der Waals surface area contributed by atoms with Crippen molar-refractivity contribution in [2.24, 2.45) is 0 Å². The van der Waals surface area contributed by atoms with Crippen LogP contribution in [0.5, 0.6) is 0 Å². The van der Waals surface area contributed by atoms with E-state index in [1.165, 1.54) is 122 Å². The van der Waals surface area contributed by atoms with Gasteiger partial charge >= 0.3 is 0 Å². The molecule has 1 atom stereocenters. The fourth-order valence-electron chi connectivity index (χ4n) is 4.39. The zero-order valence-corrected chi connectivity index (χ0v) is 19.1. The molecule has 2 heteroatoms. The molecule has 0 spiro atoms. The molecule has 0 saturated heterocycles. The molecule has 1 rings (SSSR count). The first kappa shape index (κ1) is 24.4. The molecule has 0 saturated carbocycles. The fourth-order valence-corrected chi connectivity index (χ4v) is 4.39. The Bertz CT molecular complexity index is 339. The van der Waals surface area contributed by atoms with Gasteiger partial charge in [0.25, 0.3) is 0 Å². The molecule has 0 fully saturated rings. The molecule has 27 heavy (non-hydrogen) atoms. The van der Waals surface area contributed by atoms with Gasteiger partial charge in [0, 0.05) is 26.0 Å². The van der Waals surface area contributed by atoms with Gasteiger partial charge in [-0.05, 0) is 12.8 Å². The van der Waals surface area contributed by atoms with E-state index in [1.807, 2.05) is 0 Å². The maximum absolute atomic E-state index is 2.52. The Morgan fingerprint density at radius 3 is 1.37 bits per heavy atom. The van der Waals surface area contributed by atoms with Crippen molar-refractivity contribution in [3.63, 3.8) is 0 Å². The number of unbranched alkanes of at least 4 members (excludes halogenated alkanes) is 16. The van der Waals surface area contributed by atoms with Crippen LogP contribution in [0.3, 0.4) is 0 Å². The molecule has 0 amide bonds. The van der Waals surface area contributed by atoms with Gasteiger partial charge in [0.15, 0.2) is 0 Å². The molecule has 1 unspecified atom stereocenters. The summed E-state index contributed by atoms with van der Waals surface area (Å²) in [7, 11) is 2.19. The fraction of sp³-hybridized carbons (Fsp3) is 0.920. The summed E-state index contributed by atoms with van der Waals surface area (Å²) in [5.41, 5.74) is 0. The Kier molecular flexibility index (Phi) is 15.7. The first-order valence-electron chi connectivity index (χ1n) is 12.5. The average molecular weight is 379 g/mol. The second-order valence-corrected chi connectivity index (χ2v) is 8.75. The lowest BCUT2D eigenvalue weighted by Gasteiger charge is -2.29. The van der Waals surface area contributed by atoms with Crippen LogP contribution in [0.1, 0.15) is 129 Å². The second kappa shape index (κ2) is 17.4. The van der Waals surface area contributed by atoms with Crippen molar-refractivity contribution in [2.45, 2.75) is 136 Å². The molecule has 1 aliphatic rings. The molecule has 0 aliphatic carbocycles. The summed E-state index contributed by atoms with van der Waals surface area (Å²) in [5.74, 6) is 0. The van der Waals surface area contributed by atoms with Gasteiger partial charge in [-0.15, -0.1) is 0 Å². The van der Waals surface area contributed by atoms with Crippen molar-refractivity contribution >= 4 is 0 Å². The topological polar surface area (TPSA) is 6.48 Å². The molecule has 2 nitrogen and oxygen atoms in total.